The van der Waals surface area contributed by atoms with E-state index in [9.17, 15) is 13.2 Å². The highest BCUT2D eigenvalue weighted by Crippen LogP contribution is 2.29. The van der Waals surface area contributed by atoms with Gasteiger partial charge in [-0.2, -0.15) is 0 Å². The summed E-state index contributed by atoms with van der Waals surface area (Å²) < 4.78 is 25.9. The molecule has 112 valence electrons. The molecule has 0 aliphatic carbocycles. The van der Waals surface area contributed by atoms with Crippen LogP contribution >= 0.6 is 11.3 Å². The minimum atomic E-state index is -3.55. The first-order valence-electron chi connectivity index (χ1n) is 6.26. The van der Waals surface area contributed by atoms with Crippen LogP contribution in [0, 0.1) is 0 Å². The summed E-state index contributed by atoms with van der Waals surface area (Å²) in [6, 6.07) is 4.68. The molecule has 2 aromatic rings. The van der Waals surface area contributed by atoms with Crippen LogP contribution in [0.3, 0.4) is 0 Å². The van der Waals surface area contributed by atoms with Gasteiger partial charge in [0.05, 0.1) is 20.4 Å². The Labute approximate surface area is 124 Å². The van der Waals surface area contributed by atoms with E-state index in [4.69, 9.17) is 10.8 Å². The van der Waals surface area contributed by atoms with Crippen LogP contribution in [-0.2, 0) is 9.84 Å². The minimum Gasteiger partial charge on any atom is -0.465 e. The number of thiazole rings is 1. The molecule has 0 bridgehead atoms. The highest BCUT2D eigenvalue weighted by Gasteiger charge is 2.36. The number of rotatable bonds is 2. The Morgan fingerprint density at radius 3 is 2.90 bits per heavy atom. The lowest BCUT2D eigenvalue weighted by atomic mass is 10.3. The van der Waals surface area contributed by atoms with Gasteiger partial charge in [0.15, 0.2) is 15.0 Å². The van der Waals surface area contributed by atoms with E-state index in [2.05, 4.69) is 4.98 Å². The Morgan fingerprint density at radius 1 is 1.48 bits per heavy atom. The van der Waals surface area contributed by atoms with Crippen molar-refractivity contribution in [2.75, 3.05) is 18.8 Å². The normalized spacial score (nSPS) is 19.2. The number of anilines is 1. The van der Waals surface area contributed by atoms with Crippen molar-refractivity contribution in [3.05, 3.63) is 18.2 Å². The molecule has 0 radical (unpaired) electrons. The van der Waals surface area contributed by atoms with Gasteiger partial charge in [-0.3, -0.25) is 0 Å². The number of nitrogen functional groups attached to an aromatic ring is 1. The van der Waals surface area contributed by atoms with Gasteiger partial charge in [0, 0.05) is 13.1 Å². The third-order valence-electron chi connectivity index (χ3n) is 3.56. The lowest BCUT2D eigenvalue weighted by Gasteiger charge is -2.13. The van der Waals surface area contributed by atoms with Crippen molar-refractivity contribution >= 4 is 42.6 Å². The van der Waals surface area contributed by atoms with Crippen LogP contribution in [0.25, 0.3) is 10.2 Å². The number of carboxylic acid groups (broad SMARTS) is 1. The average Bonchev–Trinajstić information content (AvgIpc) is 3.03. The number of benzene rings is 1. The number of sulfone groups is 1. The SMILES string of the molecule is Nc1nc2ccc(S(=O)(=O)[C@H]3CCN(C(=O)O)C3)cc2s1. The third kappa shape index (κ3) is 2.42. The van der Waals surface area contributed by atoms with Crippen LogP contribution in [0.2, 0.25) is 0 Å². The maximum atomic E-state index is 12.6. The number of nitrogens with two attached hydrogens (primary N) is 1. The predicted octanol–water partition coefficient (Wildman–Crippen LogP) is 1.40. The molecular weight excluding hydrogens is 314 g/mol. The van der Waals surface area contributed by atoms with Crippen molar-refractivity contribution < 1.29 is 18.3 Å². The molecule has 1 fully saturated rings. The van der Waals surface area contributed by atoms with Crippen LogP contribution < -0.4 is 5.73 Å². The number of amides is 1. The van der Waals surface area contributed by atoms with Crippen molar-refractivity contribution in [1.82, 2.24) is 9.88 Å². The fourth-order valence-electron chi connectivity index (χ4n) is 2.45. The number of hydrogen-bond donors (Lipinski definition) is 2. The summed E-state index contributed by atoms with van der Waals surface area (Å²) in [5.41, 5.74) is 6.27. The Kier molecular flexibility index (Phi) is 3.25. The van der Waals surface area contributed by atoms with Crippen LogP contribution in [0.15, 0.2) is 23.1 Å². The van der Waals surface area contributed by atoms with Gasteiger partial charge in [0.2, 0.25) is 0 Å². The Hall–Kier alpha value is -1.87. The topological polar surface area (TPSA) is 114 Å². The minimum absolute atomic E-state index is 0.0144. The second-order valence-electron chi connectivity index (χ2n) is 4.87. The number of nitrogens with zero attached hydrogens (tertiary/aromatic N) is 2. The third-order valence-corrected chi connectivity index (χ3v) is 6.58. The van der Waals surface area contributed by atoms with Gasteiger partial charge in [0.25, 0.3) is 0 Å². The quantitative estimate of drug-likeness (QED) is 0.862. The molecule has 2 heterocycles. The first kappa shape index (κ1) is 14.1. The first-order chi connectivity index (χ1) is 9.88. The van der Waals surface area contributed by atoms with E-state index < -0.39 is 21.2 Å². The standard InChI is InChI=1S/C12H13N3O4S2/c13-11-14-9-2-1-7(5-10(9)20-11)21(18,19)8-3-4-15(6-8)12(16)17/h1-2,5,8H,3-4,6H2,(H2,13,14)(H,16,17)/t8-/m0/s1. The van der Waals surface area contributed by atoms with E-state index in [-0.39, 0.29) is 18.0 Å². The van der Waals surface area contributed by atoms with Crippen LogP contribution in [0.5, 0.6) is 0 Å². The zero-order chi connectivity index (χ0) is 15.2. The van der Waals surface area contributed by atoms with E-state index in [0.717, 1.165) is 4.90 Å². The average molecular weight is 327 g/mol. The molecule has 9 heteroatoms. The molecule has 1 amide bonds. The van der Waals surface area contributed by atoms with Crippen molar-refractivity contribution in [3.63, 3.8) is 0 Å². The van der Waals surface area contributed by atoms with Gasteiger partial charge >= 0.3 is 6.09 Å². The van der Waals surface area contributed by atoms with Gasteiger partial charge in [-0.25, -0.2) is 18.2 Å². The summed E-state index contributed by atoms with van der Waals surface area (Å²) in [4.78, 5) is 16.3. The largest absolute Gasteiger partial charge is 0.465 e. The molecule has 1 aliphatic rings. The van der Waals surface area contributed by atoms with E-state index in [1.54, 1.807) is 12.1 Å². The van der Waals surface area contributed by atoms with Crippen molar-refractivity contribution in [3.8, 4) is 0 Å². The Balaban J connectivity index is 1.95. The fraction of sp³-hybridized carbons (Fsp3) is 0.333. The van der Waals surface area contributed by atoms with Gasteiger partial charge in [-0.15, -0.1) is 0 Å². The maximum absolute atomic E-state index is 12.6. The molecule has 1 aromatic carbocycles. The smallest absolute Gasteiger partial charge is 0.407 e. The summed E-state index contributed by atoms with van der Waals surface area (Å²) in [6.45, 7) is 0.259. The molecule has 3 rings (SSSR count). The van der Waals surface area contributed by atoms with E-state index in [1.807, 2.05) is 0 Å². The summed E-state index contributed by atoms with van der Waals surface area (Å²) in [6.07, 6.45) is -0.768. The molecule has 3 N–H and O–H groups in total. The number of carbonyl (C=O) groups is 1. The second-order valence-corrected chi connectivity index (χ2v) is 8.16. The highest BCUT2D eigenvalue weighted by atomic mass is 32.2. The summed E-state index contributed by atoms with van der Waals surface area (Å²) in [5, 5.41) is 8.61. The van der Waals surface area contributed by atoms with Crippen LogP contribution in [0.4, 0.5) is 9.93 Å². The molecule has 0 spiro atoms. The van der Waals surface area contributed by atoms with Crippen LogP contribution in [0.1, 0.15) is 6.42 Å². The number of likely N-dealkylation sites (tertiary alicyclic amines) is 1. The number of aromatic nitrogens is 1. The molecule has 1 aromatic heterocycles. The molecular formula is C12H13N3O4S2. The second kappa shape index (κ2) is 4.85. The van der Waals surface area contributed by atoms with Crippen LogP contribution in [-0.4, -0.2) is 47.8 Å². The van der Waals surface area contributed by atoms with E-state index >= 15 is 0 Å². The first-order valence-corrected chi connectivity index (χ1v) is 8.62. The lowest BCUT2D eigenvalue weighted by Crippen LogP contribution is -2.30. The van der Waals surface area contributed by atoms with Gasteiger partial charge < -0.3 is 15.7 Å². The molecule has 1 aliphatic heterocycles. The van der Waals surface area contributed by atoms with Gasteiger partial charge in [0.1, 0.15) is 0 Å². The van der Waals surface area contributed by atoms with Crippen molar-refractivity contribution in [1.29, 1.82) is 0 Å². The monoisotopic (exact) mass is 327 g/mol. The zero-order valence-corrected chi connectivity index (χ0v) is 12.5. The molecule has 0 unspecified atom stereocenters. The Bertz CT molecular complexity index is 815. The molecule has 0 saturated carbocycles. The molecule has 1 saturated heterocycles. The number of hydrogen-bond acceptors (Lipinski definition) is 6. The zero-order valence-electron chi connectivity index (χ0n) is 10.9. The molecule has 21 heavy (non-hydrogen) atoms. The number of fused-ring (bicyclic) bond motifs is 1. The summed E-state index contributed by atoms with van der Waals surface area (Å²) >= 11 is 1.23. The van der Waals surface area contributed by atoms with Gasteiger partial charge in [-0.1, -0.05) is 11.3 Å². The molecule has 7 nitrogen and oxygen atoms in total. The van der Waals surface area contributed by atoms with Gasteiger partial charge in [-0.05, 0) is 24.6 Å². The van der Waals surface area contributed by atoms with Crippen molar-refractivity contribution in [2.45, 2.75) is 16.6 Å². The summed E-state index contributed by atoms with van der Waals surface area (Å²) in [7, 11) is -3.55. The highest BCUT2D eigenvalue weighted by molar-refractivity contribution is 7.92. The summed E-state index contributed by atoms with van der Waals surface area (Å²) in [5.74, 6) is 0. The molecule has 1 atom stereocenters. The van der Waals surface area contributed by atoms with Crippen molar-refractivity contribution in [2.24, 2.45) is 0 Å². The Morgan fingerprint density at radius 2 is 2.24 bits per heavy atom. The van der Waals surface area contributed by atoms with E-state index in [0.29, 0.717) is 21.8 Å². The fourth-order valence-corrected chi connectivity index (χ4v) is 5.01. The predicted molar refractivity (Wildman–Crippen MR) is 79.2 cm³/mol. The maximum Gasteiger partial charge on any atom is 0.407 e. The lowest BCUT2D eigenvalue weighted by molar-refractivity contribution is 0.156. The van der Waals surface area contributed by atoms with E-state index in [1.165, 1.54) is 17.4 Å².